The Morgan fingerprint density at radius 1 is 1.44 bits per heavy atom. The van der Waals surface area contributed by atoms with E-state index in [1.54, 1.807) is 31.2 Å². The first-order chi connectivity index (χ1) is 8.11. The average Bonchev–Trinajstić information content (AvgIpc) is 2.71. The fourth-order valence-corrected chi connectivity index (χ4v) is 1.50. The molecule has 2 aromatic rings. The lowest BCUT2D eigenvalue weighted by molar-refractivity contribution is 0.0492. The van der Waals surface area contributed by atoms with E-state index in [4.69, 9.17) is 20.3 Å². The van der Waals surface area contributed by atoms with Gasteiger partial charge in [-0.2, -0.15) is 0 Å². The molecule has 0 saturated carbocycles. The Morgan fingerprint density at radius 2 is 2.17 bits per heavy atom. The van der Waals surface area contributed by atoms with E-state index in [2.05, 4.69) is 0 Å². The largest absolute Gasteiger partial charge is 0.460 e. The van der Waals surface area contributed by atoms with E-state index in [0.717, 1.165) is 5.39 Å². The number of benzene rings is 1. The van der Waals surface area contributed by atoms with Crippen LogP contribution in [-0.4, -0.2) is 18.4 Å². The summed E-state index contributed by atoms with van der Waals surface area (Å²) >= 11 is 0. The van der Waals surface area contributed by atoms with Crippen LogP contribution in [0.5, 0.6) is 0 Å². The summed E-state index contributed by atoms with van der Waals surface area (Å²) in [7, 11) is 0. The Hall–Kier alpha value is -2.01. The second-order valence-corrected chi connectivity index (χ2v) is 3.50. The van der Waals surface area contributed by atoms with Crippen LogP contribution in [0, 0.1) is 5.41 Å². The molecule has 0 atom stereocenters. The molecule has 5 nitrogen and oxygen atoms in total. The molecule has 0 aliphatic rings. The lowest BCUT2D eigenvalue weighted by atomic mass is 10.1. The molecule has 1 heterocycles. The van der Waals surface area contributed by atoms with Crippen LogP contribution in [0.4, 0.5) is 0 Å². The van der Waals surface area contributed by atoms with Crippen molar-refractivity contribution in [3.05, 3.63) is 35.6 Å². The molecule has 0 bridgehead atoms. The second kappa shape index (κ2) is 5.55. The fraction of sp³-hybridized carbons (Fsp3) is 0.167. The number of amidine groups is 1. The van der Waals surface area contributed by atoms with Gasteiger partial charge in [0, 0.05) is 10.9 Å². The van der Waals surface area contributed by atoms with Gasteiger partial charge >= 0.3 is 5.97 Å². The van der Waals surface area contributed by atoms with E-state index in [1.165, 1.54) is 0 Å². The van der Waals surface area contributed by atoms with E-state index < -0.39 is 5.97 Å². The Morgan fingerprint density at radius 3 is 2.78 bits per heavy atom. The third-order valence-electron chi connectivity index (χ3n) is 2.31. The molecule has 18 heavy (non-hydrogen) atoms. The molecule has 0 unspecified atom stereocenters. The molecule has 1 aromatic heterocycles. The van der Waals surface area contributed by atoms with Gasteiger partial charge in [-0.3, -0.25) is 5.41 Å². The zero-order valence-electron chi connectivity index (χ0n) is 9.73. The van der Waals surface area contributed by atoms with Gasteiger partial charge in [0.1, 0.15) is 11.4 Å². The number of halogens is 1. The summed E-state index contributed by atoms with van der Waals surface area (Å²) in [6, 6.07) is 6.69. The van der Waals surface area contributed by atoms with Gasteiger partial charge in [0.2, 0.25) is 5.76 Å². The van der Waals surface area contributed by atoms with Crippen molar-refractivity contribution < 1.29 is 13.9 Å². The summed E-state index contributed by atoms with van der Waals surface area (Å²) in [5.74, 6) is -0.378. The quantitative estimate of drug-likeness (QED) is 0.508. The number of nitrogens with one attached hydrogen (secondary N) is 1. The van der Waals surface area contributed by atoms with Crippen molar-refractivity contribution >= 4 is 35.2 Å². The van der Waals surface area contributed by atoms with Crippen molar-refractivity contribution in [1.82, 2.24) is 0 Å². The van der Waals surface area contributed by atoms with Crippen molar-refractivity contribution in [3.63, 3.8) is 0 Å². The number of fused-ring (bicyclic) bond motifs is 1. The molecule has 1 aromatic carbocycles. The summed E-state index contributed by atoms with van der Waals surface area (Å²) in [5.41, 5.74) is 6.44. The summed E-state index contributed by atoms with van der Waals surface area (Å²) in [6.07, 6.45) is 0. The van der Waals surface area contributed by atoms with E-state index in [-0.39, 0.29) is 24.0 Å². The molecule has 0 saturated heterocycles. The van der Waals surface area contributed by atoms with E-state index in [9.17, 15) is 4.79 Å². The Kier molecular flexibility index (Phi) is 4.33. The molecule has 6 heteroatoms. The average molecular weight is 269 g/mol. The zero-order chi connectivity index (χ0) is 12.4. The van der Waals surface area contributed by atoms with Crippen LogP contribution >= 0.6 is 12.4 Å². The van der Waals surface area contributed by atoms with Crippen LogP contribution < -0.4 is 5.73 Å². The molecular weight excluding hydrogens is 256 g/mol. The maximum atomic E-state index is 11.5. The summed E-state index contributed by atoms with van der Waals surface area (Å²) in [5, 5.41) is 8.09. The smallest absolute Gasteiger partial charge is 0.374 e. The topological polar surface area (TPSA) is 89.3 Å². The second-order valence-electron chi connectivity index (χ2n) is 3.50. The van der Waals surface area contributed by atoms with Gasteiger partial charge in [-0.25, -0.2) is 4.79 Å². The minimum absolute atomic E-state index is 0. The highest BCUT2D eigenvalue weighted by Crippen LogP contribution is 2.21. The number of ether oxygens (including phenoxy) is 1. The van der Waals surface area contributed by atoms with Crippen LogP contribution in [0.3, 0.4) is 0 Å². The van der Waals surface area contributed by atoms with Crippen molar-refractivity contribution in [1.29, 1.82) is 5.41 Å². The van der Waals surface area contributed by atoms with E-state index >= 15 is 0 Å². The van der Waals surface area contributed by atoms with Gasteiger partial charge in [0.25, 0.3) is 0 Å². The molecule has 0 aliphatic heterocycles. The molecule has 0 radical (unpaired) electrons. The van der Waals surface area contributed by atoms with Gasteiger partial charge in [-0.15, -0.1) is 12.4 Å². The monoisotopic (exact) mass is 268 g/mol. The summed E-state index contributed by atoms with van der Waals surface area (Å²) in [4.78, 5) is 11.5. The predicted octanol–water partition coefficient (Wildman–Crippen LogP) is 2.32. The van der Waals surface area contributed by atoms with Gasteiger partial charge < -0.3 is 14.9 Å². The van der Waals surface area contributed by atoms with Crippen molar-refractivity contribution in [2.75, 3.05) is 6.61 Å². The summed E-state index contributed by atoms with van der Waals surface area (Å²) in [6.45, 7) is 2.03. The first-order valence-electron chi connectivity index (χ1n) is 5.17. The standard InChI is InChI=1S/C12H12N2O3.ClH/c1-2-16-12(15)10-5-7-3-4-8(11(13)14)6-9(7)17-10;/h3-6H,2H2,1H3,(H3,13,14);1H. The number of rotatable bonds is 3. The third-order valence-corrected chi connectivity index (χ3v) is 2.31. The highest BCUT2D eigenvalue weighted by molar-refractivity contribution is 5.99. The number of hydrogen-bond acceptors (Lipinski definition) is 4. The zero-order valence-corrected chi connectivity index (χ0v) is 10.5. The Labute approximate surface area is 110 Å². The van der Waals surface area contributed by atoms with Gasteiger partial charge in [0.15, 0.2) is 0 Å². The molecule has 0 spiro atoms. The van der Waals surface area contributed by atoms with Gasteiger partial charge in [-0.1, -0.05) is 12.1 Å². The molecule has 0 fully saturated rings. The number of esters is 1. The SMILES string of the molecule is CCOC(=O)c1cc2ccc(C(=N)N)cc2o1.Cl. The normalized spacial score (nSPS) is 9.83. The van der Waals surface area contributed by atoms with Crippen molar-refractivity contribution in [2.45, 2.75) is 6.92 Å². The van der Waals surface area contributed by atoms with E-state index in [1.807, 2.05) is 0 Å². The minimum atomic E-state index is -0.493. The summed E-state index contributed by atoms with van der Waals surface area (Å²) < 4.78 is 10.2. The maximum Gasteiger partial charge on any atom is 0.374 e. The molecule has 96 valence electrons. The molecular formula is C12H13ClN2O3. The molecule has 0 amide bonds. The number of furan rings is 1. The highest BCUT2D eigenvalue weighted by Gasteiger charge is 2.13. The van der Waals surface area contributed by atoms with Gasteiger partial charge in [-0.05, 0) is 19.1 Å². The van der Waals surface area contributed by atoms with Crippen LogP contribution in [0.15, 0.2) is 28.7 Å². The number of nitrogens with two attached hydrogens (primary N) is 1. The number of carbonyl (C=O) groups excluding carboxylic acids is 1. The Bertz CT molecular complexity index is 592. The third kappa shape index (κ3) is 2.62. The van der Waals surface area contributed by atoms with Crippen molar-refractivity contribution in [2.24, 2.45) is 5.73 Å². The highest BCUT2D eigenvalue weighted by atomic mass is 35.5. The number of hydrogen-bond donors (Lipinski definition) is 2. The maximum absolute atomic E-state index is 11.5. The lowest BCUT2D eigenvalue weighted by Gasteiger charge is -1.96. The van der Waals surface area contributed by atoms with Crippen LogP contribution in [0.2, 0.25) is 0 Å². The van der Waals surface area contributed by atoms with E-state index in [0.29, 0.717) is 17.8 Å². The minimum Gasteiger partial charge on any atom is -0.460 e. The van der Waals surface area contributed by atoms with Crippen LogP contribution in [-0.2, 0) is 4.74 Å². The number of carbonyl (C=O) groups is 1. The molecule has 3 N–H and O–H groups in total. The number of nitrogen functional groups attached to an aromatic ring is 1. The predicted molar refractivity (Wildman–Crippen MR) is 70.4 cm³/mol. The fourth-order valence-electron chi connectivity index (χ4n) is 1.50. The van der Waals surface area contributed by atoms with Crippen LogP contribution in [0.25, 0.3) is 11.0 Å². The molecule has 2 rings (SSSR count). The molecule has 0 aliphatic carbocycles. The van der Waals surface area contributed by atoms with Crippen LogP contribution in [0.1, 0.15) is 23.0 Å². The first-order valence-corrected chi connectivity index (χ1v) is 5.17. The van der Waals surface area contributed by atoms with Crippen molar-refractivity contribution in [3.8, 4) is 0 Å². The lowest BCUT2D eigenvalue weighted by Crippen LogP contribution is -2.10. The van der Waals surface area contributed by atoms with Gasteiger partial charge in [0.05, 0.1) is 6.61 Å². The first kappa shape index (κ1) is 14.1. The Balaban J connectivity index is 0.00000162.